The Morgan fingerprint density at radius 2 is 1.77 bits per heavy atom. The van der Waals surface area contributed by atoms with Crippen LogP contribution in [-0.2, 0) is 6.42 Å². The zero-order chi connectivity index (χ0) is 15.6. The van der Waals surface area contributed by atoms with Gasteiger partial charge in [0.25, 0.3) is 0 Å². The average molecular weight is 311 g/mol. The number of para-hydroxylation sites is 1. The Morgan fingerprint density at radius 1 is 1.00 bits per heavy atom. The van der Waals surface area contributed by atoms with Gasteiger partial charge in [0.2, 0.25) is 0 Å². The van der Waals surface area contributed by atoms with E-state index < -0.39 is 0 Å². The number of aryl methyl sites for hydroxylation is 1. The molecule has 3 heteroatoms. The van der Waals surface area contributed by atoms with Gasteiger partial charge in [0, 0.05) is 4.90 Å². The van der Waals surface area contributed by atoms with Crippen molar-refractivity contribution >= 4 is 24.5 Å². The summed E-state index contributed by atoms with van der Waals surface area (Å²) >= 11 is 1.94. The van der Waals surface area contributed by atoms with Crippen molar-refractivity contribution in [2.45, 2.75) is 37.4 Å². The highest BCUT2D eigenvalue weighted by molar-refractivity contribution is 7.99. The number of methoxy groups -OCH3 is 1. The minimum atomic E-state index is 0.965. The van der Waals surface area contributed by atoms with Crippen molar-refractivity contribution in [3.05, 3.63) is 54.1 Å². The standard InChI is InChI=1S/C19H24BOS/c1-3-22-19-14-7-4-10-16(19)11-8-9-15-20-17-12-5-6-13-18(17)21-2/h4-7,10,12-14H,3,8-9,11,15H2,1-2H3. The Kier molecular flexibility index (Phi) is 7.45. The van der Waals surface area contributed by atoms with Crippen molar-refractivity contribution in [3.8, 4) is 5.75 Å². The highest BCUT2D eigenvalue weighted by Gasteiger charge is 2.04. The molecule has 0 heterocycles. The normalized spacial score (nSPS) is 10.5. The van der Waals surface area contributed by atoms with Crippen LogP contribution in [0.4, 0.5) is 0 Å². The highest BCUT2D eigenvalue weighted by Crippen LogP contribution is 2.23. The Hall–Kier alpha value is -1.35. The van der Waals surface area contributed by atoms with E-state index >= 15 is 0 Å². The summed E-state index contributed by atoms with van der Waals surface area (Å²) in [5.74, 6) is 2.10. The summed E-state index contributed by atoms with van der Waals surface area (Å²) in [4.78, 5) is 1.44. The van der Waals surface area contributed by atoms with E-state index in [1.165, 1.54) is 35.2 Å². The minimum Gasteiger partial charge on any atom is -0.497 e. The van der Waals surface area contributed by atoms with Crippen LogP contribution in [0.25, 0.3) is 0 Å². The Bertz CT molecular complexity index is 571. The molecule has 2 rings (SSSR count). The Balaban J connectivity index is 1.76. The van der Waals surface area contributed by atoms with E-state index in [0.29, 0.717) is 0 Å². The minimum absolute atomic E-state index is 0.965. The molecule has 115 valence electrons. The van der Waals surface area contributed by atoms with Crippen LogP contribution in [0.15, 0.2) is 53.4 Å². The number of rotatable bonds is 9. The summed E-state index contributed by atoms with van der Waals surface area (Å²) in [6.07, 6.45) is 4.71. The fourth-order valence-corrected chi connectivity index (χ4v) is 3.40. The first-order chi connectivity index (χ1) is 10.8. The maximum atomic E-state index is 5.38. The number of ether oxygens (including phenoxy) is 1. The van der Waals surface area contributed by atoms with Gasteiger partial charge in [-0.2, -0.15) is 0 Å². The van der Waals surface area contributed by atoms with Gasteiger partial charge in [0.05, 0.1) is 7.11 Å². The van der Waals surface area contributed by atoms with Crippen LogP contribution in [0.2, 0.25) is 6.32 Å². The molecule has 0 fully saturated rings. The van der Waals surface area contributed by atoms with E-state index in [1.54, 1.807) is 7.11 Å². The van der Waals surface area contributed by atoms with E-state index in [2.05, 4.69) is 50.6 Å². The van der Waals surface area contributed by atoms with E-state index in [4.69, 9.17) is 4.74 Å². The quantitative estimate of drug-likeness (QED) is 0.381. The van der Waals surface area contributed by atoms with E-state index in [0.717, 1.165) is 17.8 Å². The number of thioether (sulfide) groups is 1. The van der Waals surface area contributed by atoms with Gasteiger partial charge in [-0.1, -0.05) is 56.1 Å². The fraction of sp³-hybridized carbons (Fsp3) is 0.368. The van der Waals surface area contributed by atoms with Crippen LogP contribution in [0.1, 0.15) is 25.3 Å². The zero-order valence-corrected chi connectivity index (χ0v) is 14.4. The lowest BCUT2D eigenvalue weighted by Gasteiger charge is -2.09. The molecule has 1 nitrogen and oxygen atoms in total. The molecule has 0 amide bonds. The third-order valence-electron chi connectivity index (χ3n) is 3.68. The first-order valence-corrected chi connectivity index (χ1v) is 9.00. The maximum absolute atomic E-state index is 5.38. The SMILES string of the molecule is CCSc1ccccc1CCCC[B]c1ccccc1OC. The molecule has 0 aliphatic carbocycles. The average Bonchev–Trinajstić information content (AvgIpc) is 2.56. The van der Waals surface area contributed by atoms with Crippen molar-refractivity contribution in [2.75, 3.05) is 12.9 Å². The number of hydrogen-bond acceptors (Lipinski definition) is 2. The topological polar surface area (TPSA) is 9.23 Å². The third-order valence-corrected chi connectivity index (χ3v) is 4.67. The third kappa shape index (κ3) is 5.13. The summed E-state index contributed by atoms with van der Waals surface area (Å²) in [6.45, 7) is 2.21. The van der Waals surface area contributed by atoms with Crippen LogP contribution < -0.4 is 10.2 Å². The first kappa shape index (κ1) is 17.0. The van der Waals surface area contributed by atoms with E-state index in [-0.39, 0.29) is 0 Å². The van der Waals surface area contributed by atoms with Crippen molar-refractivity contribution in [2.24, 2.45) is 0 Å². The van der Waals surface area contributed by atoms with Gasteiger partial charge < -0.3 is 4.74 Å². The predicted octanol–water partition coefficient (Wildman–Crippen LogP) is 4.58. The molecular weight excluding hydrogens is 287 g/mol. The second-order valence-electron chi connectivity index (χ2n) is 5.23. The summed E-state index contributed by atoms with van der Waals surface area (Å²) in [6, 6.07) is 17.0. The molecule has 0 atom stereocenters. The second kappa shape index (κ2) is 9.63. The number of hydrogen-bond donors (Lipinski definition) is 0. The smallest absolute Gasteiger partial charge is 0.156 e. The molecule has 0 aliphatic heterocycles. The maximum Gasteiger partial charge on any atom is 0.156 e. The molecule has 2 aromatic rings. The van der Waals surface area contributed by atoms with Crippen LogP contribution >= 0.6 is 11.8 Å². The molecule has 22 heavy (non-hydrogen) atoms. The lowest BCUT2D eigenvalue weighted by Crippen LogP contribution is -2.16. The molecule has 0 spiro atoms. The van der Waals surface area contributed by atoms with Gasteiger partial charge in [-0.05, 0) is 41.8 Å². The van der Waals surface area contributed by atoms with Crippen molar-refractivity contribution in [1.29, 1.82) is 0 Å². The summed E-state index contributed by atoms with van der Waals surface area (Å²) < 4.78 is 5.38. The zero-order valence-electron chi connectivity index (χ0n) is 13.5. The second-order valence-corrected chi connectivity index (χ2v) is 6.54. The van der Waals surface area contributed by atoms with Crippen LogP contribution in [0.5, 0.6) is 5.75 Å². The van der Waals surface area contributed by atoms with Crippen LogP contribution in [0, 0.1) is 0 Å². The lowest BCUT2D eigenvalue weighted by molar-refractivity contribution is 0.418. The van der Waals surface area contributed by atoms with E-state index in [1.807, 2.05) is 23.9 Å². The molecule has 1 radical (unpaired) electrons. The Morgan fingerprint density at radius 3 is 2.59 bits per heavy atom. The van der Waals surface area contributed by atoms with Crippen molar-refractivity contribution < 1.29 is 4.74 Å². The van der Waals surface area contributed by atoms with Gasteiger partial charge in [-0.15, -0.1) is 11.8 Å². The molecular formula is C19H24BOS. The summed E-state index contributed by atoms with van der Waals surface area (Å²) in [7, 11) is 4.01. The fourth-order valence-electron chi connectivity index (χ4n) is 2.56. The van der Waals surface area contributed by atoms with Gasteiger partial charge in [-0.3, -0.25) is 0 Å². The molecule has 0 aromatic heterocycles. The highest BCUT2D eigenvalue weighted by atomic mass is 32.2. The van der Waals surface area contributed by atoms with Crippen LogP contribution in [0.3, 0.4) is 0 Å². The van der Waals surface area contributed by atoms with Gasteiger partial charge >= 0.3 is 0 Å². The number of unbranched alkanes of at least 4 members (excludes halogenated alkanes) is 1. The molecule has 0 N–H and O–H groups in total. The van der Waals surface area contributed by atoms with Crippen molar-refractivity contribution in [3.63, 3.8) is 0 Å². The van der Waals surface area contributed by atoms with E-state index in [9.17, 15) is 0 Å². The van der Waals surface area contributed by atoms with Gasteiger partial charge in [-0.25, -0.2) is 0 Å². The summed E-state index contributed by atoms with van der Waals surface area (Å²) in [5, 5.41) is 0. The lowest BCUT2D eigenvalue weighted by atomic mass is 9.65. The van der Waals surface area contributed by atoms with Gasteiger partial charge in [0.1, 0.15) is 5.75 Å². The molecule has 2 aromatic carbocycles. The Labute approximate surface area is 139 Å². The molecule has 0 saturated carbocycles. The molecule has 0 aliphatic rings. The number of benzene rings is 2. The molecule has 0 bridgehead atoms. The van der Waals surface area contributed by atoms with Crippen LogP contribution in [-0.4, -0.2) is 20.1 Å². The molecule has 0 saturated heterocycles. The largest absolute Gasteiger partial charge is 0.497 e. The first-order valence-electron chi connectivity index (χ1n) is 8.02. The monoisotopic (exact) mass is 311 g/mol. The molecule has 0 unspecified atom stereocenters. The summed E-state index contributed by atoms with van der Waals surface area (Å²) in [5.41, 5.74) is 2.69. The van der Waals surface area contributed by atoms with Crippen molar-refractivity contribution in [1.82, 2.24) is 0 Å². The van der Waals surface area contributed by atoms with Gasteiger partial charge in [0.15, 0.2) is 7.28 Å². The predicted molar refractivity (Wildman–Crippen MR) is 99.0 cm³/mol.